The van der Waals surface area contributed by atoms with Crippen molar-refractivity contribution < 1.29 is 0 Å². The molecule has 3 rings (SSSR count). The van der Waals surface area contributed by atoms with Gasteiger partial charge in [-0.1, -0.05) is 0 Å². The molecule has 3 heteroatoms. The number of nitrogens with two attached hydrogens (primary N) is 1. The standard InChI is InChI=1S/C16H26N2S/c1-12-15-7-9-19-16(15)6-8-18(12)11-14-4-2-13(10-17)3-5-14/h7,9,12-14H,2-6,8,10-11,17H2,1H3. The molecule has 1 aliphatic heterocycles. The molecular formula is C16H26N2S. The Morgan fingerprint density at radius 1 is 1.26 bits per heavy atom. The topological polar surface area (TPSA) is 29.3 Å². The van der Waals surface area contributed by atoms with Crippen molar-refractivity contribution in [1.29, 1.82) is 0 Å². The average Bonchev–Trinajstić information content (AvgIpc) is 2.92. The predicted octanol–water partition coefficient (Wildman–Crippen LogP) is 3.43. The van der Waals surface area contributed by atoms with Gasteiger partial charge in [0.25, 0.3) is 0 Å². The summed E-state index contributed by atoms with van der Waals surface area (Å²) >= 11 is 1.94. The molecule has 19 heavy (non-hydrogen) atoms. The first-order valence-corrected chi connectivity index (χ1v) is 8.66. The maximum Gasteiger partial charge on any atom is 0.0331 e. The van der Waals surface area contributed by atoms with Crippen LogP contribution in [0.3, 0.4) is 0 Å². The fraction of sp³-hybridized carbons (Fsp3) is 0.750. The molecule has 2 nitrogen and oxygen atoms in total. The Balaban J connectivity index is 1.57. The minimum absolute atomic E-state index is 0.627. The summed E-state index contributed by atoms with van der Waals surface area (Å²) in [6, 6.07) is 2.96. The van der Waals surface area contributed by atoms with Crippen LogP contribution in [0.1, 0.15) is 49.1 Å². The summed E-state index contributed by atoms with van der Waals surface area (Å²) in [5.41, 5.74) is 7.38. The molecular weight excluding hydrogens is 252 g/mol. The van der Waals surface area contributed by atoms with Crippen molar-refractivity contribution in [3.63, 3.8) is 0 Å². The molecule has 0 radical (unpaired) electrons. The SMILES string of the molecule is CC1c2ccsc2CCN1CC1CCC(CN)CC1. The van der Waals surface area contributed by atoms with Crippen LogP contribution in [0, 0.1) is 11.8 Å². The molecule has 1 aliphatic carbocycles. The second-order valence-corrected chi connectivity index (χ2v) is 7.34. The second-order valence-electron chi connectivity index (χ2n) is 6.34. The highest BCUT2D eigenvalue weighted by Gasteiger charge is 2.28. The van der Waals surface area contributed by atoms with Crippen molar-refractivity contribution in [2.24, 2.45) is 17.6 Å². The summed E-state index contributed by atoms with van der Waals surface area (Å²) in [5.74, 6) is 1.71. The Morgan fingerprint density at radius 2 is 2.00 bits per heavy atom. The maximum absolute atomic E-state index is 5.79. The third-order valence-corrected chi connectivity index (χ3v) is 6.19. The van der Waals surface area contributed by atoms with Crippen molar-refractivity contribution in [3.05, 3.63) is 21.9 Å². The van der Waals surface area contributed by atoms with Gasteiger partial charge < -0.3 is 5.73 Å². The molecule has 1 atom stereocenters. The number of nitrogens with zero attached hydrogens (tertiary/aromatic N) is 1. The predicted molar refractivity (Wildman–Crippen MR) is 82.5 cm³/mol. The molecule has 1 unspecified atom stereocenters. The minimum Gasteiger partial charge on any atom is -0.330 e. The van der Waals surface area contributed by atoms with Crippen LogP contribution in [0.25, 0.3) is 0 Å². The lowest BCUT2D eigenvalue weighted by Crippen LogP contribution is -2.38. The molecule has 1 saturated carbocycles. The van der Waals surface area contributed by atoms with E-state index in [9.17, 15) is 0 Å². The highest BCUT2D eigenvalue weighted by atomic mass is 32.1. The minimum atomic E-state index is 0.627. The van der Waals surface area contributed by atoms with Crippen LogP contribution in [0.15, 0.2) is 11.4 Å². The molecule has 0 bridgehead atoms. The molecule has 0 saturated heterocycles. The number of rotatable bonds is 3. The molecule has 1 aromatic heterocycles. The third kappa shape index (κ3) is 2.88. The van der Waals surface area contributed by atoms with Gasteiger partial charge in [-0.15, -0.1) is 11.3 Å². The number of thiophene rings is 1. The van der Waals surface area contributed by atoms with E-state index in [2.05, 4.69) is 23.3 Å². The summed E-state index contributed by atoms with van der Waals surface area (Å²) in [6.07, 6.45) is 6.75. The van der Waals surface area contributed by atoms with E-state index in [-0.39, 0.29) is 0 Å². The second kappa shape index (κ2) is 5.94. The third-order valence-electron chi connectivity index (χ3n) is 5.20. The zero-order chi connectivity index (χ0) is 13.2. The summed E-state index contributed by atoms with van der Waals surface area (Å²) in [6.45, 7) is 5.83. The maximum atomic E-state index is 5.79. The van der Waals surface area contributed by atoms with E-state index in [1.807, 2.05) is 11.3 Å². The van der Waals surface area contributed by atoms with Gasteiger partial charge in [-0.3, -0.25) is 4.90 Å². The summed E-state index contributed by atoms with van der Waals surface area (Å²) in [7, 11) is 0. The van der Waals surface area contributed by atoms with Crippen LogP contribution in [0.4, 0.5) is 0 Å². The molecule has 0 spiro atoms. The quantitative estimate of drug-likeness (QED) is 0.918. The van der Waals surface area contributed by atoms with Crippen LogP contribution >= 0.6 is 11.3 Å². The molecule has 0 amide bonds. The Labute approximate surface area is 121 Å². The highest BCUT2D eigenvalue weighted by molar-refractivity contribution is 7.10. The van der Waals surface area contributed by atoms with Crippen molar-refractivity contribution >= 4 is 11.3 Å². The van der Waals surface area contributed by atoms with Gasteiger partial charge >= 0.3 is 0 Å². The van der Waals surface area contributed by atoms with Crippen molar-refractivity contribution in [2.45, 2.75) is 45.1 Å². The summed E-state index contributed by atoms with van der Waals surface area (Å²) in [5, 5.41) is 2.26. The van der Waals surface area contributed by atoms with Crippen molar-refractivity contribution in [3.8, 4) is 0 Å². The summed E-state index contributed by atoms with van der Waals surface area (Å²) in [4.78, 5) is 4.33. The normalized spacial score (nSPS) is 32.2. The Hall–Kier alpha value is -0.380. The van der Waals surface area contributed by atoms with E-state index in [4.69, 9.17) is 5.73 Å². The largest absolute Gasteiger partial charge is 0.330 e. The van der Waals surface area contributed by atoms with Gasteiger partial charge in [-0.2, -0.15) is 0 Å². The van der Waals surface area contributed by atoms with Gasteiger partial charge in [-0.05, 0) is 74.4 Å². The van der Waals surface area contributed by atoms with Crippen LogP contribution < -0.4 is 5.73 Å². The molecule has 2 heterocycles. The Morgan fingerprint density at radius 3 is 2.74 bits per heavy atom. The number of fused-ring (bicyclic) bond motifs is 1. The lowest BCUT2D eigenvalue weighted by atomic mass is 9.81. The zero-order valence-electron chi connectivity index (χ0n) is 12.0. The number of hydrogen-bond donors (Lipinski definition) is 1. The van der Waals surface area contributed by atoms with Gasteiger partial charge in [0, 0.05) is 24.0 Å². The lowest BCUT2D eigenvalue weighted by Gasteiger charge is -2.38. The van der Waals surface area contributed by atoms with Gasteiger partial charge in [-0.25, -0.2) is 0 Å². The first kappa shape index (κ1) is 13.6. The van der Waals surface area contributed by atoms with Gasteiger partial charge in [0.2, 0.25) is 0 Å². The molecule has 1 aromatic rings. The van der Waals surface area contributed by atoms with Gasteiger partial charge in [0.1, 0.15) is 0 Å². The van der Waals surface area contributed by atoms with Crippen molar-refractivity contribution in [1.82, 2.24) is 4.90 Å². The molecule has 0 aromatic carbocycles. The molecule has 2 aliphatic rings. The summed E-state index contributed by atoms with van der Waals surface area (Å²) < 4.78 is 0. The van der Waals surface area contributed by atoms with Crippen molar-refractivity contribution in [2.75, 3.05) is 19.6 Å². The smallest absolute Gasteiger partial charge is 0.0331 e. The molecule has 106 valence electrons. The van der Waals surface area contributed by atoms with E-state index in [1.165, 1.54) is 45.2 Å². The fourth-order valence-corrected chi connectivity index (χ4v) is 4.75. The molecule has 2 N–H and O–H groups in total. The highest BCUT2D eigenvalue weighted by Crippen LogP contribution is 2.35. The Bertz CT molecular complexity index is 407. The monoisotopic (exact) mass is 278 g/mol. The average molecular weight is 278 g/mol. The molecule has 1 fully saturated rings. The van der Waals surface area contributed by atoms with E-state index in [0.717, 1.165) is 18.4 Å². The lowest BCUT2D eigenvalue weighted by molar-refractivity contribution is 0.139. The van der Waals surface area contributed by atoms with E-state index in [1.54, 1.807) is 10.4 Å². The number of hydrogen-bond acceptors (Lipinski definition) is 3. The Kier molecular flexibility index (Phi) is 4.25. The van der Waals surface area contributed by atoms with Gasteiger partial charge in [0.05, 0.1) is 0 Å². The first-order chi connectivity index (χ1) is 9.28. The van der Waals surface area contributed by atoms with Gasteiger partial charge in [0.15, 0.2) is 0 Å². The van der Waals surface area contributed by atoms with Crippen LogP contribution in [0.2, 0.25) is 0 Å². The zero-order valence-corrected chi connectivity index (χ0v) is 12.8. The van der Waals surface area contributed by atoms with Crippen LogP contribution in [0.5, 0.6) is 0 Å². The fourth-order valence-electron chi connectivity index (χ4n) is 3.79. The first-order valence-electron chi connectivity index (χ1n) is 7.78. The van der Waals surface area contributed by atoms with Crippen LogP contribution in [-0.4, -0.2) is 24.5 Å². The van der Waals surface area contributed by atoms with E-state index < -0.39 is 0 Å². The van der Waals surface area contributed by atoms with E-state index >= 15 is 0 Å². The van der Waals surface area contributed by atoms with Crippen LogP contribution in [-0.2, 0) is 6.42 Å². The van der Waals surface area contributed by atoms with E-state index in [0.29, 0.717) is 6.04 Å².